The van der Waals surface area contributed by atoms with Gasteiger partial charge in [-0.2, -0.15) is 0 Å². The molecule has 3 rings (SSSR count). The molecular weight excluding hydrogens is 345 g/mol. The van der Waals surface area contributed by atoms with Crippen molar-refractivity contribution in [3.05, 3.63) is 84.9 Å². The minimum absolute atomic E-state index is 0.501. The van der Waals surface area contributed by atoms with Gasteiger partial charge in [0.15, 0.2) is 0 Å². The van der Waals surface area contributed by atoms with Crippen molar-refractivity contribution in [3.63, 3.8) is 0 Å². The van der Waals surface area contributed by atoms with Crippen LogP contribution in [-0.4, -0.2) is 21.1 Å². The van der Waals surface area contributed by atoms with Crippen LogP contribution in [0.15, 0.2) is 84.9 Å². The lowest BCUT2D eigenvalue weighted by Crippen LogP contribution is -2.35. The molecule has 0 aliphatic rings. The van der Waals surface area contributed by atoms with Crippen molar-refractivity contribution in [2.24, 2.45) is 0 Å². The summed E-state index contributed by atoms with van der Waals surface area (Å²) >= 11 is 0. The predicted octanol–water partition coefficient (Wildman–Crippen LogP) is 5.69. The van der Waals surface area contributed by atoms with Crippen LogP contribution in [0.1, 0.15) is 27.7 Å². The summed E-state index contributed by atoms with van der Waals surface area (Å²) in [5, 5.41) is 4.19. The van der Waals surface area contributed by atoms with Gasteiger partial charge in [-0.05, 0) is 48.1 Å². The van der Waals surface area contributed by atoms with Crippen LogP contribution in [0.5, 0.6) is 0 Å². The van der Waals surface area contributed by atoms with Crippen LogP contribution in [0.4, 0.5) is 5.69 Å². The van der Waals surface area contributed by atoms with Crippen LogP contribution in [0.2, 0.25) is 0 Å². The molecule has 144 valence electrons. The normalized spacial score (nSPS) is 10.4. The van der Waals surface area contributed by atoms with Gasteiger partial charge in [0.05, 0.1) is 21.1 Å². The summed E-state index contributed by atoms with van der Waals surface area (Å²) in [6, 6.07) is 30.8. The minimum Gasteiger partial charge on any atom is -0.298 e. The van der Waals surface area contributed by atoms with Crippen molar-refractivity contribution in [3.8, 4) is 0 Å². The molecule has 3 aromatic carbocycles. The molecule has 0 aromatic heterocycles. The third-order valence-electron chi connectivity index (χ3n) is 3.91. The minimum atomic E-state index is -0.501. The summed E-state index contributed by atoms with van der Waals surface area (Å²) in [5.41, 5.74) is 1.32. The van der Waals surface area contributed by atoms with Crippen LogP contribution < -0.4 is 20.4 Å². The Kier molecular flexibility index (Phi) is 10.0. The standard InChI is InChI=1S/C21H23NP.2C2H6/c1-22(2,3)18-14-16-21(17-15-18)23(19-10-6-4-7-11-19)20-12-8-5-9-13-20;2*1-2/h4-17H,1-3H3;2*1-2H3/q+1;;. The van der Waals surface area contributed by atoms with Crippen LogP contribution in [0, 0.1) is 0 Å². The largest absolute Gasteiger partial charge is 0.298 e. The van der Waals surface area contributed by atoms with Gasteiger partial charge in [0.2, 0.25) is 0 Å². The van der Waals surface area contributed by atoms with Gasteiger partial charge in [-0.1, -0.05) is 88.4 Å². The third kappa shape index (κ3) is 6.61. The summed E-state index contributed by atoms with van der Waals surface area (Å²) in [4.78, 5) is 0. The first-order valence-corrected chi connectivity index (χ1v) is 11.2. The lowest BCUT2D eigenvalue weighted by Gasteiger charge is -2.25. The number of quaternary nitrogens is 1. The molecule has 0 N–H and O–H groups in total. The molecule has 0 radical (unpaired) electrons. The zero-order valence-corrected chi connectivity index (χ0v) is 18.9. The Morgan fingerprint density at radius 2 is 0.815 bits per heavy atom. The van der Waals surface area contributed by atoms with Gasteiger partial charge in [0, 0.05) is 0 Å². The van der Waals surface area contributed by atoms with E-state index in [2.05, 4.69) is 106 Å². The van der Waals surface area contributed by atoms with Gasteiger partial charge in [-0.3, -0.25) is 4.48 Å². The van der Waals surface area contributed by atoms with E-state index in [9.17, 15) is 0 Å². The smallest absolute Gasteiger partial charge is 0.132 e. The fourth-order valence-electron chi connectivity index (χ4n) is 2.65. The molecule has 27 heavy (non-hydrogen) atoms. The molecule has 0 saturated heterocycles. The Morgan fingerprint density at radius 3 is 1.15 bits per heavy atom. The molecule has 2 heteroatoms. The average Bonchev–Trinajstić information content (AvgIpc) is 2.73. The highest BCUT2D eigenvalue weighted by Crippen LogP contribution is 2.33. The fourth-order valence-corrected chi connectivity index (χ4v) is 4.93. The van der Waals surface area contributed by atoms with Crippen molar-refractivity contribution in [1.29, 1.82) is 0 Å². The topological polar surface area (TPSA) is 0 Å². The second-order valence-electron chi connectivity index (χ2n) is 6.54. The molecule has 0 fully saturated rings. The summed E-state index contributed by atoms with van der Waals surface area (Å²) in [6.45, 7) is 8.00. The van der Waals surface area contributed by atoms with Gasteiger partial charge in [0.1, 0.15) is 5.69 Å². The lowest BCUT2D eigenvalue weighted by molar-refractivity contribution is 0.486. The van der Waals surface area contributed by atoms with Gasteiger partial charge in [0.25, 0.3) is 0 Å². The van der Waals surface area contributed by atoms with Crippen LogP contribution in [-0.2, 0) is 0 Å². The maximum absolute atomic E-state index is 2.30. The first-order chi connectivity index (χ1) is 13.1. The van der Waals surface area contributed by atoms with E-state index in [0.29, 0.717) is 0 Å². The lowest BCUT2D eigenvalue weighted by atomic mass is 10.3. The van der Waals surface area contributed by atoms with E-state index in [1.165, 1.54) is 21.6 Å². The second kappa shape index (κ2) is 11.7. The number of nitrogens with zero attached hydrogens (tertiary/aromatic N) is 1. The van der Waals surface area contributed by atoms with Gasteiger partial charge in [-0.25, -0.2) is 0 Å². The van der Waals surface area contributed by atoms with Gasteiger partial charge >= 0.3 is 0 Å². The zero-order valence-electron chi connectivity index (χ0n) is 18.0. The van der Waals surface area contributed by atoms with Crippen LogP contribution in [0.25, 0.3) is 0 Å². The highest BCUT2D eigenvalue weighted by molar-refractivity contribution is 7.79. The maximum Gasteiger partial charge on any atom is 0.132 e. The molecular formula is C25H35NP+. The van der Waals surface area contributed by atoms with Crippen molar-refractivity contribution >= 4 is 29.5 Å². The number of hydrogen-bond acceptors (Lipinski definition) is 0. The van der Waals surface area contributed by atoms with Crippen molar-refractivity contribution in [2.75, 3.05) is 21.1 Å². The molecule has 0 amide bonds. The van der Waals surface area contributed by atoms with Gasteiger partial charge < -0.3 is 0 Å². The first-order valence-electron chi connectivity index (χ1n) is 9.88. The van der Waals surface area contributed by atoms with Gasteiger partial charge in [-0.15, -0.1) is 0 Å². The molecule has 0 aliphatic carbocycles. The Morgan fingerprint density at radius 1 is 0.481 bits per heavy atom. The molecule has 0 atom stereocenters. The van der Waals surface area contributed by atoms with Crippen molar-refractivity contribution in [1.82, 2.24) is 4.48 Å². The number of hydrogen-bond donors (Lipinski definition) is 0. The molecule has 0 saturated carbocycles. The predicted molar refractivity (Wildman–Crippen MR) is 127 cm³/mol. The zero-order chi connectivity index (χ0) is 20.3. The van der Waals surface area contributed by atoms with E-state index in [1.54, 1.807) is 0 Å². The molecule has 3 aromatic rings. The molecule has 0 heterocycles. The molecule has 0 bridgehead atoms. The molecule has 1 nitrogen and oxygen atoms in total. The van der Waals surface area contributed by atoms with E-state index in [0.717, 1.165) is 4.48 Å². The quantitative estimate of drug-likeness (QED) is 0.403. The summed E-state index contributed by atoms with van der Waals surface area (Å²) in [5.74, 6) is 0. The number of benzene rings is 3. The summed E-state index contributed by atoms with van der Waals surface area (Å²) in [7, 11) is 6.10. The maximum atomic E-state index is 2.30. The van der Waals surface area contributed by atoms with Crippen molar-refractivity contribution in [2.45, 2.75) is 27.7 Å². The second-order valence-corrected chi connectivity index (χ2v) is 8.76. The highest BCUT2D eigenvalue weighted by Gasteiger charge is 2.18. The summed E-state index contributed by atoms with van der Waals surface area (Å²) < 4.78 is 0.842. The Balaban J connectivity index is 0.000000855. The highest BCUT2D eigenvalue weighted by atomic mass is 31.1. The SMILES string of the molecule is CC.CC.C[N+](C)(C)c1ccc(P(c2ccccc2)c2ccccc2)cc1. The third-order valence-corrected chi connectivity index (χ3v) is 6.35. The molecule has 0 spiro atoms. The Hall–Kier alpha value is -1.95. The Labute approximate surface area is 168 Å². The Bertz CT molecular complexity index is 704. The monoisotopic (exact) mass is 380 g/mol. The fraction of sp³-hybridized carbons (Fsp3) is 0.280. The molecule has 0 aliphatic heterocycles. The van der Waals surface area contributed by atoms with Crippen LogP contribution in [0.3, 0.4) is 0 Å². The van der Waals surface area contributed by atoms with Crippen LogP contribution >= 0.6 is 7.92 Å². The van der Waals surface area contributed by atoms with Crippen molar-refractivity contribution < 1.29 is 0 Å². The van der Waals surface area contributed by atoms with E-state index in [4.69, 9.17) is 0 Å². The van der Waals surface area contributed by atoms with E-state index in [1.807, 2.05) is 27.7 Å². The van der Waals surface area contributed by atoms with E-state index >= 15 is 0 Å². The number of rotatable bonds is 4. The first kappa shape index (κ1) is 23.1. The molecule has 0 unspecified atom stereocenters. The average molecular weight is 381 g/mol. The van der Waals surface area contributed by atoms with E-state index in [-0.39, 0.29) is 0 Å². The summed E-state index contributed by atoms with van der Waals surface area (Å²) in [6.07, 6.45) is 0. The van der Waals surface area contributed by atoms with E-state index < -0.39 is 7.92 Å².